The summed E-state index contributed by atoms with van der Waals surface area (Å²) in [5.41, 5.74) is 4.00. The molecule has 78 valence electrons. The van der Waals surface area contributed by atoms with Crippen LogP contribution < -0.4 is 5.32 Å². The summed E-state index contributed by atoms with van der Waals surface area (Å²) in [6.07, 6.45) is 0. The first-order chi connectivity index (χ1) is 7.31. The highest BCUT2D eigenvalue weighted by atomic mass is 35.5. The van der Waals surface area contributed by atoms with Crippen LogP contribution in [-0.4, -0.2) is 12.0 Å². The normalized spacial score (nSPS) is 12.7. The fourth-order valence-corrected chi connectivity index (χ4v) is 2.31. The molecule has 0 aliphatic rings. The number of aromatic nitrogens is 1. The third kappa shape index (κ3) is 2.37. The summed E-state index contributed by atoms with van der Waals surface area (Å²) < 4.78 is 0. The van der Waals surface area contributed by atoms with Gasteiger partial charge in [-0.25, -0.2) is 4.98 Å². The topological polar surface area (TPSA) is 24.9 Å². The summed E-state index contributed by atoms with van der Waals surface area (Å²) in [6, 6.07) is 7.96. The first kappa shape index (κ1) is 10.6. The van der Waals surface area contributed by atoms with Crippen molar-refractivity contribution in [3.05, 3.63) is 51.4 Å². The van der Waals surface area contributed by atoms with Gasteiger partial charge in [-0.15, -0.1) is 11.3 Å². The zero-order valence-electron chi connectivity index (χ0n) is 8.27. The van der Waals surface area contributed by atoms with Crippen LogP contribution in [-0.2, 0) is 0 Å². The van der Waals surface area contributed by atoms with E-state index in [-0.39, 0.29) is 6.04 Å². The van der Waals surface area contributed by atoms with Crippen LogP contribution in [0.4, 0.5) is 0 Å². The zero-order valence-corrected chi connectivity index (χ0v) is 9.85. The average molecular weight is 239 g/mol. The van der Waals surface area contributed by atoms with Gasteiger partial charge < -0.3 is 5.32 Å². The van der Waals surface area contributed by atoms with E-state index in [0.29, 0.717) is 0 Å². The zero-order chi connectivity index (χ0) is 10.7. The SMILES string of the molecule is CNC(c1cccc(Cl)c1)c1cscn1. The van der Waals surface area contributed by atoms with Crippen molar-refractivity contribution < 1.29 is 0 Å². The lowest BCUT2D eigenvalue weighted by Gasteiger charge is -2.14. The van der Waals surface area contributed by atoms with Gasteiger partial charge >= 0.3 is 0 Å². The molecule has 2 rings (SSSR count). The summed E-state index contributed by atoms with van der Waals surface area (Å²) in [4.78, 5) is 4.31. The molecule has 0 saturated carbocycles. The van der Waals surface area contributed by atoms with Crippen LogP contribution in [0.2, 0.25) is 5.02 Å². The lowest BCUT2D eigenvalue weighted by molar-refractivity contribution is 0.675. The molecule has 1 atom stereocenters. The molecule has 0 fully saturated rings. The molecule has 0 aliphatic carbocycles. The lowest BCUT2D eigenvalue weighted by atomic mass is 10.1. The third-order valence-electron chi connectivity index (χ3n) is 2.22. The van der Waals surface area contributed by atoms with Crippen LogP contribution in [0.5, 0.6) is 0 Å². The fourth-order valence-electron chi connectivity index (χ4n) is 1.54. The van der Waals surface area contributed by atoms with E-state index in [2.05, 4.69) is 10.3 Å². The number of rotatable bonds is 3. The minimum absolute atomic E-state index is 0.120. The van der Waals surface area contributed by atoms with E-state index in [1.165, 1.54) is 0 Å². The number of nitrogens with one attached hydrogen (secondary N) is 1. The van der Waals surface area contributed by atoms with Gasteiger partial charge in [-0.1, -0.05) is 23.7 Å². The second-order valence-corrected chi connectivity index (χ2v) is 4.35. The highest BCUT2D eigenvalue weighted by Gasteiger charge is 2.13. The fraction of sp³-hybridized carbons (Fsp3) is 0.182. The van der Waals surface area contributed by atoms with E-state index < -0.39 is 0 Å². The minimum Gasteiger partial charge on any atom is -0.308 e. The average Bonchev–Trinajstić information content (AvgIpc) is 2.72. The van der Waals surface area contributed by atoms with Crippen molar-refractivity contribution >= 4 is 22.9 Å². The Kier molecular flexibility index (Phi) is 3.36. The molecule has 0 radical (unpaired) electrons. The van der Waals surface area contributed by atoms with Gasteiger partial charge in [0.05, 0.1) is 17.2 Å². The number of hydrogen-bond acceptors (Lipinski definition) is 3. The standard InChI is InChI=1S/C11H11ClN2S/c1-13-11(10-6-15-7-14-10)8-3-2-4-9(12)5-8/h2-7,11,13H,1H3. The van der Waals surface area contributed by atoms with E-state index in [1.54, 1.807) is 11.3 Å². The van der Waals surface area contributed by atoms with Gasteiger partial charge in [0.25, 0.3) is 0 Å². The summed E-state index contributed by atoms with van der Waals surface area (Å²) in [5, 5.41) is 6.03. The first-order valence-corrected chi connectivity index (χ1v) is 5.94. The van der Waals surface area contributed by atoms with E-state index in [4.69, 9.17) is 11.6 Å². The number of benzene rings is 1. The van der Waals surface area contributed by atoms with Crippen molar-refractivity contribution in [1.82, 2.24) is 10.3 Å². The lowest BCUT2D eigenvalue weighted by Crippen LogP contribution is -2.17. The van der Waals surface area contributed by atoms with E-state index in [0.717, 1.165) is 16.3 Å². The molecule has 2 aromatic rings. The summed E-state index contributed by atoms with van der Waals surface area (Å²) in [5.74, 6) is 0. The van der Waals surface area contributed by atoms with Gasteiger partial charge in [0.15, 0.2) is 0 Å². The van der Waals surface area contributed by atoms with Gasteiger partial charge in [0.1, 0.15) is 0 Å². The Morgan fingerprint density at radius 1 is 1.47 bits per heavy atom. The first-order valence-electron chi connectivity index (χ1n) is 4.62. The number of hydrogen-bond donors (Lipinski definition) is 1. The summed E-state index contributed by atoms with van der Waals surface area (Å²) >= 11 is 7.56. The number of halogens is 1. The van der Waals surface area contributed by atoms with E-state index in [1.807, 2.05) is 42.2 Å². The van der Waals surface area contributed by atoms with Gasteiger partial charge in [0.2, 0.25) is 0 Å². The van der Waals surface area contributed by atoms with Crippen LogP contribution in [0.3, 0.4) is 0 Å². The van der Waals surface area contributed by atoms with Crippen molar-refractivity contribution in [2.75, 3.05) is 7.05 Å². The van der Waals surface area contributed by atoms with E-state index >= 15 is 0 Å². The molecule has 1 unspecified atom stereocenters. The van der Waals surface area contributed by atoms with Crippen molar-refractivity contribution in [2.24, 2.45) is 0 Å². The predicted molar refractivity (Wildman–Crippen MR) is 64.5 cm³/mol. The van der Waals surface area contributed by atoms with E-state index in [9.17, 15) is 0 Å². The van der Waals surface area contributed by atoms with Gasteiger partial charge in [-0.05, 0) is 24.7 Å². The van der Waals surface area contributed by atoms with Crippen LogP contribution in [0.1, 0.15) is 17.3 Å². The van der Waals surface area contributed by atoms with Crippen molar-refractivity contribution in [3.63, 3.8) is 0 Å². The monoisotopic (exact) mass is 238 g/mol. The Bertz CT molecular complexity index is 428. The molecule has 1 aromatic carbocycles. The number of nitrogens with zero attached hydrogens (tertiary/aromatic N) is 1. The second kappa shape index (κ2) is 4.75. The molecule has 1 aromatic heterocycles. The molecule has 0 aliphatic heterocycles. The van der Waals surface area contributed by atoms with Crippen LogP contribution in [0, 0.1) is 0 Å². The maximum absolute atomic E-state index is 5.96. The van der Waals surface area contributed by atoms with Crippen LogP contribution >= 0.6 is 22.9 Å². The Balaban J connectivity index is 2.35. The third-order valence-corrected chi connectivity index (χ3v) is 3.06. The summed E-state index contributed by atoms with van der Waals surface area (Å²) in [6.45, 7) is 0. The second-order valence-electron chi connectivity index (χ2n) is 3.19. The maximum atomic E-state index is 5.96. The maximum Gasteiger partial charge on any atom is 0.0795 e. The molecule has 1 N–H and O–H groups in total. The van der Waals surface area contributed by atoms with Gasteiger partial charge in [0, 0.05) is 10.4 Å². The van der Waals surface area contributed by atoms with Crippen molar-refractivity contribution in [3.8, 4) is 0 Å². The quantitative estimate of drug-likeness (QED) is 0.889. The Morgan fingerprint density at radius 3 is 2.93 bits per heavy atom. The Morgan fingerprint density at radius 2 is 2.33 bits per heavy atom. The summed E-state index contributed by atoms with van der Waals surface area (Å²) in [7, 11) is 1.92. The van der Waals surface area contributed by atoms with Crippen molar-refractivity contribution in [2.45, 2.75) is 6.04 Å². The van der Waals surface area contributed by atoms with Crippen LogP contribution in [0.25, 0.3) is 0 Å². The highest BCUT2D eigenvalue weighted by Crippen LogP contribution is 2.23. The Labute approximate surface area is 97.9 Å². The molecule has 1 heterocycles. The molecule has 4 heteroatoms. The largest absolute Gasteiger partial charge is 0.308 e. The smallest absolute Gasteiger partial charge is 0.0795 e. The number of thiazole rings is 1. The Hall–Kier alpha value is -0.900. The molecule has 15 heavy (non-hydrogen) atoms. The predicted octanol–water partition coefficient (Wildman–Crippen LogP) is 3.11. The minimum atomic E-state index is 0.120. The van der Waals surface area contributed by atoms with Crippen molar-refractivity contribution in [1.29, 1.82) is 0 Å². The van der Waals surface area contributed by atoms with Gasteiger partial charge in [-0.2, -0.15) is 0 Å². The molecular formula is C11H11ClN2S. The molecule has 0 amide bonds. The molecule has 0 spiro atoms. The molecule has 2 nitrogen and oxygen atoms in total. The van der Waals surface area contributed by atoms with Crippen LogP contribution in [0.15, 0.2) is 35.2 Å². The molecule has 0 saturated heterocycles. The van der Waals surface area contributed by atoms with Gasteiger partial charge in [-0.3, -0.25) is 0 Å². The highest BCUT2D eigenvalue weighted by molar-refractivity contribution is 7.07. The molecular weight excluding hydrogens is 228 g/mol. The molecule has 0 bridgehead atoms.